The molecule has 0 unspecified atom stereocenters. The lowest BCUT2D eigenvalue weighted by Gasteiger charge is -2.07. The van der Waals surface area contributed by atoms with Crippen LogP contribution >= 0.6 is 0 Å². The molecule has 0 aromatic carbocycles. The van der Waals surface area contributed by atoms with Gasteiger partial charge in [0.15, 0.2) is 11.4 Å². The fourth-order valence-corrected chi connectivity index (χ4v) is 3.80. The zero-order valence-corrected chi connectivity index (χ0v) is 31.0. The standard InChI is InChI=1S/C10H14N2O2.C9H12N2O2.C9H11NO2.C8H11N.CO2.CH4/c1-6(2)9-11-7(3)5-8(12-9)10(13)14-4;1-5(2)8-10-6(3)4-7(11-8)9(12)13;1-6(2)8-5-10-4-3-7(8)9(11)12;1-7(2)8-5-3-4-6-9-8;2-1-3;/h5-6H,1-4H3;4-5H,1-3H3,(H,12,13);3-6H,1-2H3,(H,11,12);3-7H,1-2H3;;1H4. The smallest absolute Gasteiger partial charge is 0.373 e. The maximum atomic E-state index is 11.2. The lowest BCUT2D eigenvalue weighted by molar-refractivity contribution is -0.191. The van der Waals surface area contributed by atoms with Crippen molar-refractivity contribution >= 4 is 24.1 Å². The number of rotatable bonds is 7. The van der Waals surface area contributed by atoms with E-state index in [4.69, 9.17) is 19.8 Å². The molecule has 4 rings (SSSR count). The summed E-state index contributed by atoms with van der Waals surface area (Å²) < 4.78 is 4.60. The number of pyridine rings is 2. The molecule has 4 aromatic heterocycles. The normalized spacial score (nSPS) is 9.67. The maximum absolute atomic E-state index is 11.2. The van der Waals surface area contributed by atoms with Crippen LogP contribution in [0.5, 0.6) is 0 Å². The van der Waals surface area contributed by atoms with Gasteiger partial charge in [-0.3, -0.25) is 9.97 Å². The molecule has 0 aliphatic heterocycles. The first-order valence-electron chi connectivity index (χ1n) is 16.0. The molecule has 0 saturated heterocycles. The summed E-state index contributed by atoms with van der Waals surface area (Å²) in [5, 5.41) is 17.5. The van der Waals surface area contributed by atoms with Crippen molar-refractivity contribution in [3.63, 3.8) is 0 Å². The molecule has 0 aliphatic rings. The minimum atomic E-state index is -1.01. The van der Waals surface area contributed by atoms with Crippen molar-refractivity contribution in [1.82, 2.24) is 29.9 Å². The predicted octanol–water partition coefficient (Wildman–Crippen LogP) is 7.46. The summed E-state index contributed by atoms with van der Waals surface area (Å²) in [6.07, 6.45) is 5.18. The summed E-state index contributed by atoms with van der Waals surface area (Å²) >= 11 is 0. The number of hydrogen-bond donors (Lipinski definition) is 2. The molecule has 14 heteroatoms. The number of aromatic nitrogens is 6. The zero-order chi connectivity index (χ0) is 39.3. The van der Waals surface area contributed by atoms with Crippen LogP contribution in [-0.4, -0.2) is 71.3 Å². The first-order valence-corrected chi connectivity index (χ1v) is 16.0. The largest absolute Gasteiger partial charge is 0.478 e. The third-order valence-electron chi connectivity index (χ3n) is 6.37. The van der Waals surface area contributed by atoms with Gasteiger partial charge in [0, 0.05) is 47.5 Å². The summed E-state index contributed by atoms with van der Waals surface area (Å²) in [6, 6.07) is 10.6. The molecule has 282 valence electrons. The Hall–Kier alpha value is -5.75. The van der Waals surface area contributed by atoms with Crippen molar-refractivity contribution in [2.24, 2.45) is 0 Å². The van der Waals surface area contributed by atoms with Crippen LogP contribution in [0, 0.1) is 13.8 Å². The van der Waals surface area contributed by atoms with Gasteiger partial charge in [-0.05, 0) is 61.6 Å². The van der Waals surface area contributed by atoms with Gasteiger partial charge in [0.05, 0.1) is 12.7 Å². The lowest BCUT2D eigenvalue weighted by Crippen LogP contribution is -2.09. The third-order valence-corrected chi connectivity index (χ3v) is 6.37. The monoisotopic (exact) mass is 720 g/mol. The van der Waals surface area contributed by atoms with Gasteiger partial charge in [0.2, 0.25) is 0 Å². The Labute approximate surface area is 306 Å². The van der Waals surface area contributed by atoms with E-state index in [0.717, 1.165) is 17.0 Å². The molecule has 2 N–H and O–H groups in total. The Morgan fingerprint density at radius 2 is 1.19 bits per heavy atom. The molecule has 0 atom stereocenters. The lowest BCUT2D eigenvalue weighted by atomic mass is 10.00. The van der Waals surface area contributed by atoms with E-state index in [2.05, 4.69) is 48.5 Å². The molecule has 0 saturated carbocycles. The fraction of sp³-hybridized carbons (Fsp3) is 0.421. The minimum Gasteiger partial charge on any atom is -0.478 e. The van der Waals surface area contributed by atoms with Crippen LogP contribution in [0.25, 0.3) is 0 Å². The highest BCUT2D eigenvalue weighted by Crippen LogP contribution is 2.17. The molecule has 0 spiro atoms. The fourth-order valence-electron chi connectivity index (χ4n) is 3.80. The maximum Gasteiger partial charge on any atom is 0.373 e. The molecule has 4 aromatic rings. The molecule has 52 heavy (non-hydrogen) atoms. The van der Waals surface area contributed by atoms with Crippen molar-refractivity contribution < 1.29 is 38.9 Å². The van der Waals surface area contributed by atoms with Crippen molar-refractivity contribution in [2.75, 3.05) is 7.11 Å². The zero-order valence-electron chi connectivity index (χ0n) is 31.0. The highest BCUT2D eigenvalue weighted by atomic mass is 16.5. The second-order valence-electron chi connectivity index (χ2n) is 12.0. The predicted molar refractivity (Wildman–Crippen MR) is 195 cm³/mol. The van der Waals surface area contributed by atoms with Crippen molar-refractivity contribution in [2.45, 2.75) is 100 Å². The number of carbonyl (C=O) groups is 3. The average Bonchev–Trinajstić information content (AvgIpc) is 3.08. The Bertz CT molecular complexity index is 1720. The van der Waals surface area contributed by atoms with E-state index in [1.807, 2.05) is 72.9 Å². The number of methoxy groups -OCH3 is 1. The molecular weight excluding hydrogens is 668 g/mol. The number of esters is 1. The number of aromatic carboxylic acids is 2. The number of carboxylic acids is 2. The highest BCUT2D eigenvalue weighted by Gasteiger charge is 2.13. The molecule has 14 nitrogen and oxygen atoms in total. The van der Waals surface area contributed by atoms with Gasteiger partial charge < -0.3 is 14.9 Å². The van der Waals surface area contributed by atoms with Crippen LogP contribution < -0.4 is 0 Å². The van der Waals surface area contributed by atoms with Crippen LogP contribution in [0.3, 0.4) is 0 Å². The van der Waals surface area contributed by atoms with Crippen molar-refractivity contribution in [3.05, 3.63) is 106 Å². The van der Waals surface area contributed by atoms with Gasteiger partial charge in [-0.1, -0.05) is 68.9 Å². The molecule has 0 fully saturated rings. The first-order chi connectivity index (χ1) is 23.9. The Balaban J connectivity index is 0. The van der Waals surface area contributed by atoms with E-state index in [1.54, 1.807) is 19.2 Å². The van der Waals surface area contributed by atoms with Gasteiger partial charge >= 0.3 is 24.1 Å². The number of aryl methyl sites for hydroxylation is 2. The van der Waals surface area contributed by atoms with Crippen LogP contribution in [0.1, 0.15) is 152 Å². The van der Waals surface area contributed by atoms with E-state index < -0.39 is 17.9 Å². The number of carboxylic acid groups (broad SMARTS) is 2. The van der Waals surface area contributed by atoms with E-state index in [9.17, 15) is 14.4 Å². The van der Waals surface area contributed by atoms with E-state index in [0.29, 0.717) is 34.5 Å². The van der Waals surface area contributed by atoms with Crippen molar-refractivity contribution in [3.8, 4) is 0 Å². The third kappa shape index (κ3) is 18.3. The molecule has 0 amide bonds. The first kappa shape index (κ1) is 48.4. The summed E-state index contributed by atoms with van der Waals surface area (Å²) in [5.74, 6) is 0.0426. The Morgan fingerprint density at radius 3 is 1.54 bits per heavy atom. The highest BCUT2D eigenvalue weighted by molar-refractivity contribution is 5.89. The van der Waals surface area contributed by atoms with E-state index in [1.165, 1.54) is 25.4 Å². The van der Waals surface area contributed by atoms with E-state index in [-0.39, 0.29) is 37.0 Å². The second-order valence-corrected chi connectivity index (χ2v) is 12.0. The van der Waals surface area contributed by atoms with E-state index >= 15 is 0 Å². The Kier molecular flexibility index (Phi) is 23.5. The number of nitrogens with zero attached hydrogens (tertiary/aromatic N) is 6. The number of hydrogen-bond acceptors (Lipinski definition) is 12. The molecule has 4 heterocycles. The summed E-state index contributed by atoms with van der Waals surface area (Å²) in [6.45, 7) is 19.6. The van der Waals surface area contributed by atoms with Gasteiger partial charge in [-0.15, -0.1) is 0 Å². The van der Waals surface area contributed by atoms with Crippen LogP contribution in [0.15, 0.2) is 55.0 Å². The van der Waals surface area contributed by atoms with Gasteiger partial charge in [0.1, 0.15) is 11.6 Å². The summed E-state index contributed by atoms with van der Waals surface area (Å²) in [7, 11) is 1.34. The van der Waals surface area contributed by atoms with Crippen LogP contribution in [0.4, 0.5) is 0 Å². The minimum absolute atomic E-state index is 0. The molecule has 0 bridgehead atoms. The second kappa shape index (κ2) is 25.2. The molecular formula is C38H52N6O8. The van der Waals surface area contributed by atoms with Gasteiger partial charge in [-0.2, -0.15) is 9.59 Å². The molecule has 0 radical (unpaired) electrons. The SMILES string of the molecule is C.CC(C)c1ccccn1.CC(C)c1cnccc1C(=O)O.COC(=O)c1cc(C)nc(C(C)C)n1.Cc1cc(C(=O)O)nc(C(C)C)n1.O=C=O. The number of carbonyl (C=O) groups excluding carboxylic acids is 3. The van der Waals surface area contributed by atoms with Crippen molar-refractivity contribution in [1.29, 1.82) is 0 Å². The van der Waals surface area contributed by atoms with Crippen LogP contribution in [0.2, 0.25) is 0 Å². The van der Waals surface area contributed by atoms with Crippen LogP contribution in [-0.2, 0) is 14.3 Å². The number of ether oxygens (including phenoxy) is 1. The molecule has 0 aliphatic carbocycles. The van der Waals surface area contributed by atoms with Gasteiger partial charge in [-0.25, -0.2) is 34.3 Å². The summed E-state index contributed by atoms with van der Waals surface area (Å²) in [5.41, 5.74) is 4.16. The summed E-state index contributed by atoms with van der Waals surface area (Å²) in [4.78, 5) is 73.3. The Morgan fingerprint density at radius 1 is 0.692 bits per heavy atom. The average molecular weight is 721 g/mol. The van der Waals surface area contributed by atoms with Gasteiger partial charge in [0.25, 0.3) is 0 Å². The topological polar surface area (TPSA) is 212 Å². The quantitative estimate of drug-likeness (QED) is 0.177.